The van der Waals surface area contributed by atoms with Crippen molar-refractivity contribution in [2.75, 3.05) is 13.1 Å². The second kappa shape index (κ2) is 8.41. The molecule has 0 bridgehead atoms. The number of carbonyl (C=O) groups excluding carboxylic acids is 2. The molecule has 3 rings (SSSR count). The van der Waals surface area contributed by atoms with Gasteiger partial charge in [-0.25, -0.2) is 4.79 Å². The zero-order chi connectivity index (χ0) is 19.6. The first-order chi connectivity index (χ1) is 12.9. The van der Waals surface area contributed by atoms with Crippen molar-refractivity contribution in [2.45, 2.75) is 25.3 Å². The van der Waals surface area contributed by atoms with Gasteiger partial charge in [0.1, 0.15) is 16.9 Å². The Morgan fingerprint density at radius 1 is 1.30 bits per heavy atom. The van der Waals surface area contributed by atoms with Crippen LogP contribution in [0.5, 0.6) is 0 Å². The molecule has 1 aromatic carbocycles. The van der Waals surface area contributed by atoms with Gasteiger partial charge in [-0.1, -0.05) is 47.7 Å². The Labute approximate surface area is 171 Å². The van der Waals surface area contributed by atoms with E-state index < -0.39 is 17.9 Å². The summed E-state index contributed by atoms with van der Waals surface area (Å²) < 4.78 is 0.289. The minimum absolute atomic E-state index is 0.244. The van der Waals surface area contributed by atoms with Gasteiger partial charge in [-0.3, -0.25) is 14.5 Å². The molecule has 0 aliphatic carbocycles. The van der Waals surface area contributed by atoms with Crippen molar-refractivity contribution < 1.29 is 19.5 Å². The van der Waals surface area contributed by atoms with Gasteiger partial charge in [0.2, 0.25) is 5.91 Å². The van der Waals surface area contributed by atoms with Gasteiger partial charge in [0.05, 0.1) is 4.91 Å². The number of amides is 2. The fraction of sp³-hybridized carbons (Fsp3) is 0.333. The maximum absolute atomic E-state index is 12.7. The molecular weight excluding hydrogens is 408 g/mol. The number of carbonyl (C=O) groups is 3. The van der Waals surface area contributed by atoms with Gasteiger partial charge < -0.3 is 10.0 Å². The van der Waals surface area contributed by atoms with Gasteiger partial charge in [0, 0.05) is 11.6 Å². The minimum atomic E-state index is -1.02. The van der Waals surface area contributed by atoms with Crippen LogP contribution in [-0.2, 0) is 14.4 Å². The Morgan fingerprint density at radius 2 is 2.00 bits per heavy atom. The highest BCUT2D eigenvalue weighted by atomic mass is 35.5. The molecule has 0 spiro atoms. The van der Waals surface area contributed by atoms with Crippen LogP contribution in [0.3, 0.4) is 0 Å². The molecule has 2 fully saturated rings. The molecule has 2 aliphatic heterocycles. The number of nitrogens with zero attached hydrogens (tertiary/aromatic N) is 2. The Hall–Kier alpha value is -1.90. The maximum Gasteiger partial charge on any atom is 0.326 e. The first-order valence-electron chi connectivity index (χ1n) is 8.40. The van der Waals surface area contributed by atoms with E-state index in [1.54, 1.807) is 30.3 Å². The van der Waals surface area contributed by atoms with Crippen molar-refractivity contribution in [1.82, 2.24) is 9.80 Å². The molecule has 1 atom stereocenters. The van der Waals surface area contributed by atoms with E-state index in [2.05, 4.69) is 0 Å². The monoisotopic (exact) mass is 424 g/mol. The Kier molecular flexibility index (Phi) is 6.18. The predicted octanol–water partition coefficient (Wildman–Crippen LogP) is 3.01. The highest BCUT2D eigenvalue weighted by Crippen LogP contribution is 2.33. The number of halogens is 1. The van der Waals surface area contributed by atoms with Crippen LogP contribution in [0.1, 0.15) is 24.8 Å². The number of likely N-dealkylation sites (tertiary alicyclic amines) is 1. The summed E-state index contributed by atoms with van der Waals surface area (Å²) in [5.41, 5.74) is 0.799. The molecule has 2 aliphatic rings. The Bertz CT molecular complexity index is 825. The number of aliphatic carboxylic acids is 1. The van der Waals surface area contributed by atoms with E-state index in [1.165, 1.54) is 9.80 Å². The number of carboxylic acids is 1. The predicted molar refractivity (Wildman–Crippen MR) is 108 cm³/mol. The standard InChI is InChI=1S/C18H17ClN2O4S2/c19-12-6-4-11(5-7-12)9-14-16(23)21(18(26)27-14)10-15(22)20-8-2-1-3-13(20)17(24)25/h4-7,9,13H,1-3,8,10H2,(H,24,25). The lowest BCUT2D eigenvalue weighted by molar-refractivity contribution is -0.152. The smallest absolute Gasteiger partial charge is 0.326 e. The summed E-state index contributed by atoms with van der Waals surface area (Å²) in [4.78, 5) is 39.7. The Balaban J connectivity index is 1.72. The van der Waals surface area contributed by atoms with E-state index >= 15 is 0 Å². The SMILES string of the molecule is O=C(O)C1CCCCN1C(=O)CN1C(=O)C(=Cc2ccc(Cl)cc2)SC1=S. The fourth-order valence-electron chi connectivity index (χ4n) is 3.06. The summed E-state index contributed by atoms with van der Waals surface area (Å²) in [6.07, 6.45) is 3.65. The number of rotatable bonds is 4. The van der Waals surface area contributed by atoms with Crippen molar-refractivity contribution >= 4 is 63.8 Å². The minimum Gasteiger partial charge on any atom is -0.480 e. The summed E-state index contributed by atoms with van der Waals surface area (Å²) >= 11 is 12.2. The highest BCUT2D eigenvalue weighted by Gasteiger charge is 2.37. The molecule has 2 saturated heterocycles. The topological polar surface area (TPSA) is 77.9 Å². The number of carboxylic acid groups (broad SMARTS) is 1. The molecule has 2 amide bonds. The van der Waals surface area contributed by atoms with Gasteiger partial charge in [0.25, 0.3) is 5.91 Å². The number of hydrogen-bond acceptors (Lipinski definition) is 5. The second-order valence-electron chi connectivity index (χ2n) is 6.26. The van der Waals surface area contributed by atoms with E-state index in [-0.39, 0.29) is 16.8 Å². The normalized spacial score (nSPS) is 21.8. The van der Waals surface area contributed by atoms with Crippen molar-refractivity contribution in [1.29, 1.82) is 0 Å². The summed E-state index contributed by atoms with van der Waals surface area (Å²) in [7, 11) is 0. The molecule has 1 aromatic rings. The third-order valence-electron chi connectivity index (χ3n) is 4.44. The lowest BCUT2D eigenvalue weighted by Crippen LogP contribution is -2.51. The lowest BCUT2D eigenvalue weighted by atomic mass is 10.0. The van der Waals surface area contributed by atoms with Crippen LogP contribution in [0.15, 0.2) is 29.2 Å². The van der Waals surface area contributed by atoms with Crippen LogP contribution in [0.4, 0.5) is 0 Å². The zero-order valence-electron chi connectivity index (χ0n) is 14.3. The first-order valence-corrected chi connectivity index (χ1v) is 10.0. The van der Waals surface area contributed by atoms with Gasteiger partial charge in [-0.05, 0) is 43.0 Å². The van der Waals surface area contributed by atoms with E-state index in [0.717, 1.165) is 30.2 Å². The molecule has 27 heavy (non-hydrogen) atoms. The quantitative estimate of drug-likeness (QED) is 0.591. The molecule has 0 radical (unpaired) electrons. The van der Waals surface area contributed by atoms with Gasteiger partial charge in [-0.15, -0.1) is 0 Å². The molecule has 1 unspecified atom stereocenters. The number of thiocarbonyl (C=S) groups is 1. The number of benzene rings is 1. The van der Waals surface area contributed by atoms with Crippen molar-refractivity contribution in [3.63, 3.8) is 0 Å². The second-order valence-corrected chi connectivity index (χ2v) is 8.37. The summed E-state index contributed by atoms with van der Waals surface area (Å²) in [5.74, 6) is -1.76. The van der Waals surface area contributed by atoms with Crippen LogP contribution >= 0.6 is 35.6 Å². The average Bonchev–Trinajstić information content (AvgIpc) is 2.91. The van der Waals surface area contributed by atoms with Crippen LogP contribution in [0.2, 0.25) is 5.02 Å². The van der Waals surface area contributed by atoms with Crippen LogP contribution < -0.4 is 0 Å². The van der Waals surface area contributed by atoms with Gasteiger partial charge >= 0.3 is 5.97 Å². The molecule has 142 valence electrons. The summed E-state index contributed by atoms with van der Waals surface area (Å²) in [5, 5.41) is 9.92. The fourth-order valence-corrected chi connectivity index (χ4v) is 4.44. The first kappa shape index (κ1) is 19.9. The van der Waals surface area contributed by atoms with Crippen LogP contribution in [-0.4, -0.2) is 56.1 Å². The van der Waals surface area contributed by atoms with E-state index in [4.69, 9.17) is 23.8 Å². The maximum atomic E-state index is 12.7. The summed E-state index contributed by atoms with van der Waals surface area (Å²) in [6, 6.07) is 6.17. The lowest BCUT2D eigenvalue weighted by Gasteiger charge is -2.33. The number of thioether (sulfide) groups is 1. The zero-order valence-corrected chi connectivity index (χ0v) is 16.6. The van der Waals surface area contributed by atoms with Gasteiger partial charge in [-0.2, -0.15) is 0 Å². The van der Waals surface area contributed by atoms with Crippen molar-refractivity contribution in [2.24, 2.45) is 0 Å². The highest BCUT2D eigenvalue weighted by molar-refractivity contribution is 8.26. The van der Waals surface area contributed by atoms with E-state index in [9.17, 15) is 19.5 Å². The van der Waals surface area contributed by atoms with Crippen molar-refractivity contribution in [3.05, 3.63) is 39.8 Å². The molecular formula is C18H17ClN2O4S2. The molecule has 6 nitrogen and oxygen atoms in total. The third kappa shape index (κ3) is 4.51. The van der Waals surface area contributed by atoms with Crippen molar-refractivity contribution in [3.8, 4) is 0 Å². The molecule has 2 heterocycles. The molecule has 9 heteroatoms. The summed E-state index contributed by atoms with van der Waals surface area (Å²) in [6.45, 7) is 0.137. The third-order valence-corrected chi connectivity index (χ3v) is 6.07. The van der Waals surface area contributed by atoms with Crippen LogP contribution in [0, 0.1) is 0 Å². The Morgan fingerprint density at radius 3 is 2.67 bits per heavy atom. The average molecular weight is 425 g/mol. The largest absolute Gasteiger partial charge is 0.480 e. The van der Waals surface area contributed by atoms with E-state index in [1.807, 2.05) is 0 Å². The molecule has 0 aromatic heterocycles. The molecule has 0 saturated carbocycles. The number of piperidine rings is 1. The van der Waals surface area contributed by atoms with Gasteiger partial charge in [0.15, 0.2) is 0 Å². The molecule has 1 N–H and O–H groups in total. The number of hydrogen-bond donors (Lipinski definition) is 1. The van der Waals surface area contributed by atoms with Crippen LogP contribution in [0.25, 0.3) is 6.08 Å². The van der Waals surface area contributed by atoms with E-state index in [0.29, 0.717) is 22.9 Å².